The van der Waals surface area contributed by atoms with Gasteiger partial charge in [-0.25, -0.2) is 9.97 Å². The average molecular weight is 203 g/mol. The fourth-order valence-electron chi connectivity index (χ4n) is 1.11. The third-order valence-electron chi connectivity index (χ3n) is 2.08. The SMILES string of the molecule is C#CC(C)(C)Nc1cc(C(C)C)ncn1. The van der Waals surface area contributed by atoms with E-state index in [1.165, 1.54) is 0 Å². The monoisotopic (exact) mass is 203 g/mol. The molecule has 0 fully saturated rings. The molecule has 1 aromatic heterocycles. The number of anilines is 1. The second-order valence-corrected chi connectivity index (χ2v) is 4.38. The molecule has 1 rings (SSSR count). The first-order valence-corrected chi connectivity index (χ1v) is 5.02. The maximum absolute atomic E-state index is 5.40. The van der Waals surface area contributed by atoms with Crippen molar-refractivity contribution in [3.05, 3.63) is 18.1 Å². The van der Waals surface area contributed by atoms with Crippen LogP contribution in [-0.4, -0.2) is 15.5 Å². The highest BCUT2D eigenvalue weighted by Gasteiger charge is 2.14. The molecule has 1 heterocycles. The highest BCUT2D eigenvalue weighted by atomic mass is 15.1. The van der Waals surface area contributed by atoms with Crippen molar-refractivity contribution in [1.29, 1.82) is 0 Å². The van der Waals surface area contributed by atoms with Gasteiger partial charge in [0.15, 0.2) is 0 Å². The van der Waals surface area contributed by atoms with E-state index in [2.05, 4.69) is 35.1 Å². The summed E-state index contributed by atoms with van der Waals surface area (Å²) in [6.45, 7) is 8.06. The van der Waals surface area contributed by atoms with Gasteiger partial charge in [-0.2, -0.15) is 0 Å². The molecule has 3 nitrogen and oxygen atoms in total. The summed E-state index contributed by atoms with van der Waals surface area (Å²) >= 11 is 0. The average Bonchev–Trinajstić information content (AvgIpc) is 2.17. The molecule has 15 heavy (non-hydrogen) atoms. The van der Waals surface area contributed by atoms with E-state index < -0.39 is 0 Å². The Kier molecular flexibility index (Phi) is 3.31. The third kappa shape index (κ3) is 3.25. The summed E-state index contributed by atoms with van der Waals surface area (Å²) in [5.41, 5.74) is 0.628. The van der Waals surface area contributed by atoms with Crippen molar-refractivity contribution in [2.24, 2.45) is 0 Å². The molecule has 0 spiro atoms. The molecule has 0 saturated carbocycles. The van der Waals surface area contributed by atoms with Crippen LogP contribution in [0.3, 0.4) is 0 Å². The second-order valence-electron chi connectivity index (χ2n) is 4.38. The predicted molar refractivity (Wildman–Crippen MR) is 62.7 cm³/mol. The zero-order chi connectivity index (χ0) is 11.5. The quantitative estimate of drug-likeness (QED) is 0.767. The van der Waals surface area contributed by atoms with Gasteiger partial charge < -0.3 is 5.32 Å². The van der Waals surface area contributed by atoms with Crippen molar-refractivity contribution in [1.82, 2.24) is 9.97 Å². The molecule has 1 N–H and O–H groups in total. The van der Waals surface area contributed by atoms with Crippen LogP contribution in [0.1, 0.15) is 39.3 Å². The van der Waals surface area contributed by atoms with Gasteiger partial charge >= 0.3 is 0 Å². The van der Waals surface area contributed by atoms with Gasteiger partial charge in [0, 0.05) is 11.8 Å². The topological polar surface area (TPSA) is 37.8 Å². The van der Waals surface area contributed by atoms with Gasteiger partial charge in [-0.3, -0.25) is 0 Å². The Balaban J connectivity index is 2.88. The Hall–Kier alpha value is -1.56. The molecule has 0 radical (unpaired) electrons. The summed E-state index contributed by atoms with van der Waals surface area (Å²) in [7, 11) is 0. The lowest BCUT2D eigenvalue weighted by molar-refractivity contribution is 0.731. The Morgan fingerprint density at radius 3 is 2.60 bits per heavy atom. The lowest BCUT2D eigenvalue weighted by Crippen LogP contribution is -2.29. The van der Waals surface area contributed by atoms with Crippen molar-refractivity contribution in [2.45, 2.75) is 39.2 Å². The molecular formula is C12H17N3. The van der Waals surface area contributed by atoms with E-state index in [4.69, 9.17) is 6.42 Å². The summed E-state index contributed by atoms with van der Waals surface area (Å²) in [5, 5.41) is 3.18. The minimum Gasteiger partial charge on any atom is -0.354 e. The largest absolute Gasteiger partial charge is 0.354 e. The molecule has 3 heteroatoms. The van der Waals surface area contributed by atoms with Gasteiger partial charge in [0.05, 0.1) is 5.54 Å². The molecule has 0 aromatic carbocycles. The van der Waals surface area contributed by atoms with Crippen LogP contribution < -0.4 is 5.32 Å². The molecule has 0 unspecified atom stereocenters. The van der Waals surface area contributed by atoms with Crippen molar-refractivity contribution >= 4 is 5.82 Å². The van der Waals surface area contributed by atoms with Gasteiger partial charge in [0.1, 0.15) is 12.1 Å². The van der Waals surface area contributed by atoms with Crippen LogP contribution in [0, 0.1) is 12.3 Å². The van der Waals surface area contributed by atoms with Crippen molar-refractivity contribution in [3.63, 3.8) is 0 Å². The molecule has 1 aromatic rings. The van der Waals surface area contributed by atoms with Crippen LogP contribution in [0.5, 0.6) is 0 Å². The molecule has 0 amide bonds. The van der Waals surface area contributed by atoms with Crippen LogP contribution in [0.15, 0.2) is 12.4 Å². The van der Waals surface area contributed by atoms with Crippen LogP contribution in [0.25, 0.3) is 0 Å². The maximum Gasteiger partial charge on any atom is 0.130 e. The van der Waals surface area contributed by atoms with Crippen LogP contribution in [0.4, 0.5) is 5.82 Å². The molecule has 80 valence electrons. The summed E-state index contributed by atoms with van der Waals surface area (Å²) < 4.78 is 0. The van der Waals surface area contributed by atoms with Gasteiger partial charge in [-0.15, -0.1) is 6.42 Å². The van der Waals surface area contributed by atoms with E-state index in [9.17, 15) is 0 Å². The maximum atomic E-state index is 5.40. The summed E-state index contributed by atoms with van der Waals surface area (Å²) in [6, 6.07) is 1.93. The predicted octanol–water partition coefficient (Wildman–Crippen LogP) is 2.42. The number of nitrogens with zero attached hydrogens (tertiary/aromatic N) is 2. The highest BCUT2D eigenvalue weighted by molar-refractivity contribution is 5.41. The molecule has 0 saturated heterocycles. The Labute approximate surface area is 91.3 Å². The summed E-state index contributed by atoms with van der Waals surface area (Å²) in [5.74, 6) is 3.83. The fourth-order valence-corrected chi connectivity index (χ4v) is 1.11. The van der Waals surface area contributed by atoms with Gasteiger partial charge in [-0.05, 0) is 19.8 Å². The molecule has 0 aliphatic heterocycles. The van der Waals surface area contributed by atoms with E-state index in [0.29, 0.717) is 5.92 Å². The lowest BCUT2D eigenvalue weighted by atomic mass is 10.1. The number of terminal acetylenes is 1. The van der Waals surface area contributed by atoms with E-state index in [0.717, 1.165) is 11.5 Å². The summed E-state index contributed by atoms with van der Waals surface area (Å²) in [4.78, 5) is 8.33. The molecule has 0 atom stereocenters. The lowest BCUT2D eigenvalue weighted by Gasteiger charge is -2.20. The minimum atomic E-state index is -0.386. The second kappa shape index (κ2) is 4.31. The Morgan fingerprint density at radius 1 is 1.40 bits per heavy atom. The summed E-state index contributed by atoms with van der Waals surface area (Å²) in [6.07, 6.45) is 6.96. The zero-order valence-electron chi connectivity index (χ0n) is 9.70. The normalized spacial score (nSPS) is 11.2. The standard InChI is InChI=1S/C12H17N3/c1-6-12(4,5)15-11-7-10(9(2)3)13-8-14-11/h1,7-9H,2-5H3,(H,13,14,15). The molecule has 0 aliphatic rings. The van der Waals surface area contributed by atoms with Crippen LogP contribution in [-0.2, 0) is 0 Å². The van der Waals surface area contributed by atoms with E-state index in [1.54, 1.807) is 6.33 Å². The Morgan fingerprint density at radius 2 is 2.07 bits per heavy atom. The smallest absolute Gasteiger partial charge is 0.130 e. The first-order chi connectivity index (χ1) is 6.94. The molecule has 0 aliphatic carbocycles. The number of aromatic nitrogens is 2. The van der Waals surface area contributed by atoms with Crippen molar-refractivity contribution in [2.75, 3.05) is 5.32 Å². The van der Waals surface area contributed by atoms with Gasteiger partial charge in [-0.1, -0.05) is 19.8 Å². The number of hydrogen-bond donors (Lipinski definition) is 1. The van der Waals surface area contributed by atoms with E-state index in [-0.39, 0.29) is 5.54 Å². The van der Waals surface area contributed by atoms with E-state index >= 15 is 0 Å². The Bertz CT molecular complexity index is 375. The fraction of sp³-hybridized carbons (Fsp3) is 0.500. The van der Waals surface area contributed by atoms with Gasteiger partial charge in [0.2, 0.25) is 0 Å². The van der Waals surface area contributed by atoms with E-state index in [1.807, 2.05) is 19.9 Å². The van der Waals surface area contributed by atoms with Crippen LogP contribution >= 0.6 is 0 Å². The minimum absolute atomic E-state index is 0.386. The first-order valence-electron chi connectivity index (χ1n) is 5.02. The number of hydrogen-bond acceptors (Lipinski definition) is 3. The number of rotatable bonds is 3. The zero-order valence-corrected chi connectivity index (χ0v) is 9.70. The first kappa shape index (κ1) is 11.5. The van der Waals surface area contributed by atoms with Crippen molar-refractivity contribution < 1.29 is 0 Å². The van der Waals surface area contributed by atoms with Gasteiger partial charge in [0.25, 0.3) is 0 Å². The molecular weight excluding hydrogens is 186 g/mol. The highest BCUT2D eigenvalue weighted by Crippen LogP contribution is 2.16. The number of nitrogens with one attached hydrogen (secondary N) is 1. The molecule has 0 bridgehead atoms. The van der Waals surface area contributed by atoms with Crippen LogP contribution in [0.2, 0.25) is 0 Å². The third-order valence-corrected chi connectivity index (χ3v) is 2.08. The van der Waals surface area contributed by atoms with Crippen molar-refractivity contribution in [3.8, 4) is 12.3 Å².